The van der Waals surface area contributed by atoms with Crippen LogP contribution >= 0.6 is 0 Å². The molecular weight excluding hydrogens is 180 g/mol. The lowest BCUT2D eigenvalue weighted by molar-refractivity contribution is 0.410. The molecule has 1 aromatic carbocycles. The van der Waals surface area contributed by atoms with Gasteiger partial charge in [-0.2, -0.15) is 0 Å². The van der Waals surface area contributed by atoms with Gasteiger partial charge in [0.05, 0.1) is 0 Å². The lowest BCUT2D eigenvalue weighted by Gasteiger charge is -2.22. The Hall–Kier alpha value is -0.780. The third-order valence-corrected chi connectivity index (χ3v) is 2.53. The van der Waals surface area contributed by atoms with Crippen LogP contribution in [-0.2, 0) is 11.8 Å². The highest BCUT2D eigenvalue weighted by molar-refractivity contribution is 5.29. The Morgan fingerprint density at radius 3 is 2.00 bits per heavy atom. The van der Waals surface area contributed by atoms with Crippen LogP contribution in [0.1, 0.15) is 52.7 Å². The van der Waals surface area contributed by atoms with Crippen LogP contribution in [0, 0.1) is 5.41 Å². The topological polar surface area (TPSA) is 0 Å². The van der Waals surface area contributed by atoms with Crippen molar-refractivity contribution < 1.29 is 0 Å². The molecule has 0 spiro atoms. The monoisotopic (exact) mass is 204 g/mol. The average molecular weight is 204 g/mol. The van der Waals surface area contributed by atoms with Crippen LogP contribution in [0.15, 0.2) is 24.3 Å². The third kappa shape index (κ3) is 4.07. The van der Waals surface area contributed by atoms with Crippen LogP contribution in [0.3, 0.4) is 0 Å². The molecule has 1 aromatic rings. The Kier molecular flexibility index (Phi) is 3.28. The molecule has 0 radical (unpaired) electrons. The van der Waals surface area contributed by atoms with E-state index < -0.39 is 0 Å². The van der Waals surface area contributed by atoms with Crippen LogP contribution in [0.4, 0.5) is 0 Å². The first-order valence-electron chi connectivity index (χ1n) is 5.78. The Morgan fingerprint density at radius 1 is 0.933 bits per heavy atom. The van der Waals surface area contributed by atoms with E-state index >= 15 is 0 Å². The molecule has 0 N–H and O–H groups in total. The van der Waals surface area contributed by atoms with E-state index in [1.807, 2.05) is 0 Å². The first-order valence-corrected chi connectivity index (χ1v) is 5.78. The largest absolute Gasteiger partial charge is 0.0617 e. The van der Waals surface area contributed by atoms with E-state index in [0.29, 0.717) is 5.41 Å². The van der Waals surface area contributed by atoms with Gasteiger partial charge < -0.3 is 0 Å². The van der Waals surface area contributed by atoms with E-state index in [1.165, 1.54) is 11.1 Å². The Labute approximate surface area is 94.7 Å². The number of hydrogen-bond donors (Lipinski definition) is 0. The van der Waals surface area contributed by atoms with Crippen LogP contribution in [0.2, 0.25) is 0 Å². The minimum atomic E-state index is 0.258. The molecule has 0 atom stereocenters. The summed E-state index contributed by atoms with van der Waals surface area (Å²) in [5, 5.41) is 0. The molecule has 0 bridgehead atoms. The summed E-state index contributed by atoms with van der Waals surface area (Å²) in [7, 11) is 0. The van der Waals surface area contributed by atoms with Gasteiger partial charge in [-0.15, -0.1) is 0 Å². The summed E-state index contributed by atoms with van der Waals surface area (Å²) in [6.45, 7) is 13.7. The lowest BCUT2D eigenvalue weighted by Crippen LogP contribution is -2.13. The van der Waals surface area contributed by atoms with Gasteiger partial charge in [-0.05, 0) is 28.4 Å². The first kappa shape index (κ1) is 12.3. The average Bonchev–Trinajstić information content (AvgIpc) is 1.99. The van der Waals surface area contributed by atoms with E-state index in [4.69, 9.17) is 0 Å². The highest BCUT2D eigenvalue weighted by Crippen LogP contribution is 2.26. The van der Waals surface area contributed by atoms with Gasteiger partial charge in [-0.25, -0.2) is 0 Å². The van der Waals surface area contributed by atoms with E-state index in [9.17, 15) is 0 Å². The van der Waals surface area contributed by atoms with Gasteiger partial charge in [0.15, 0.2) is 0 Å². The summed E-state index contributed by atoms with van der Waals surface area (Å²) >= 11 is 0. The zero-order valence-corrected chi connectivity index (χ0v) is 11.0. The quantitative estimate of drug-likeness (QED) is 0.628. The maximum atomic E-state index is 2.35. The molecule has 0 unspecified atom stereocenters. The van der Waals surface area contributed by atoms with E-state index in [0.717, 1.165) is 6.42 Å². The van der Waals surface area contributed by atoms with Crippen LogP contribution in [-0.4, -0.2) is 0 Å². The fraction of sp³-hybridized carbons (Fsp3) is 0.600. The molecule has 0 saturated carbocycles. The molecule has 1 rings (SSSR count). The fourth-order valence-electron chi connectivity index (χ4n) is 1.76. The van der Waals surface area contributed by atoms with E-state index in [-0.39, 0.29) is 5.41 Å². The molecule has 0 saturated heterocycles. The van der Waals surface area contributed by atoms with Crippen molar-refractivity contribution in [3.8, 4) is 0 Å². The van der Waals surface area contributed by atoms with Crippen molar-refractivity contribution in [3.63, 3.8) is 0 Å². The van der Waals surface area contributed by atoms with Crippen molar-refractivity contribution in [2.45, 2.75) is 53.4 Å². The van der Waals surface area contributed by atoms with Crippen molar-refractivity contribution in [1.29, 1.82) is 0 Å². The molecule has 0 nitrogen and oxygen atoms in total. The SMILES string of the molecule is CC(C)(C)Cc1cccc(C(C)(C)C)c1. The second-order valence-corrected chi connectivity index (χ2v) is 6.69. The summed E-state index contributed by atoms with van der Waals surface area (Å²) < 4.78 is 0. The van der Waals surface area contributed by atoms with Crippen LogP contribution in [0.5, 0.6) is 0 Å². The molecule has 84 valence electrons. The zero-order valence-electron chi connectivity index (χ0n) is 11.0. The molecule has 0 aromatic heterocycles. The molecular formula is C15H24. The van der Waals surface area contributed by atoms with Gasteiger partial charge in [0.2, 0.25) is 0 Å². The molecule has 0 heterocycles. The predicted octanol–water partition coefficient (Wildman–Crippen LogP) is 4.57. The van der Waals surface area contributed by atoms with Crippen molar-refractivity contribution in [1.82, 2.24) is 0 Å². The summed E-state index contributed by atoms with van der Waals surface area (Å²) in [4.78, 5) is 0. The number of rotatable bonds is 1. The molecule has 0 aliphatic rings. The summed E-state index contributed by atoms with van der Waals surface area (Å²) in [6, 6.07) is 9.00. The summed E-state index contributed by atoms with van der Waals surface area (Å²) in [6.07, 6.45) is 1.15. The Bertz CT molecular complexity index is 321. The summed E-state index contributed by atoms with van der Waals surface area (Å²) in [5.74, 6) is 0. The highest BCUT2D eigenvalue weighted by atomic mass is 14.2. The second-order valence-electron chi connectivity index (χ2n) is 6.69. The lowest BCUT2D eigenvalue weighted by atomic mass is 9.83. The van der Waals surface area contributed by atoms with Gasteiger partial charge in [0.25, 0.3) is 0 Å². The molecule has 0 fully saturated rings. The molecule has 0 amide bonds. The van der Waals surface area contributed by atoms with Gasteiger partial charge in [0.1, 0.15) is 0 Å². The maximum absolute atomic E-state index is 2.35. The van der Waals surface area contributed by atoms with Crippen molar-refractivity contribution >= 4 is 0 Å². The fourth-order valence-corrected chi connectivity index (χ4v) is 1.76. The van der Waals surface area contributed by atoms with E-state index in [2.05, 4.69) is 65.8 Å². The van der Waals surface area contributed by atoms with Crippen LogP contribution < -0.4 is 0 Å². The minimum Gasteiger partial charge on any atom is -0.0617 e. The van der Waals surface area contributed by atoms with Crippen LogP contribution in [0.25, 0.3) is 0 Å². The standard InChI is InChI=1S/C15H24/c1-14(2,3)11-12-8-7-9-13(10-12)15(4,5)6/h7-10H,11H2,1-6H3. The van der Waals surface area contributed by atoms with Gasteiger partial charge in [-0.3, -0.25) is 0 Å². The first-order chi connectivity index (χ1) is 6.68. The number of benzene rings is 1. The van der Waals surface area contributed by atoms with Crippen molar-refractivity contribution in [2.24, 2.45) is 5.41 Å². The maximum Gasteiger partial charge on any atom is -0.0132 e. The minimum absolute atomic E-state index is 0.258. The molecule has 0 aliphatic carbocycles. The normalized spacial score (nSPS) is 12.9. The summed E-state index contributed by atoms with van der Waals surface area (Å²) in [5.41, 5.74) is 3.52. The molecule has 0 aliphatic heterocycles. The Morgan fingerprint density at radius 2 is 1.53 bits per heavy atom. The highest BCUT2D eigenvalue weighted by Gasteiger charge is 2.16. The Balaban J connectivity index is 2.94. The third-order valence-electron chi connectivity index (χ3n) is 2.53. The molecule has 15 heavy (non-hydrogen) atoms. The van der Waals surface area contributed by atoms with E-state index in [1.54, 1.807) is 0 Å². The smallest absolute Gasteiger partial charge is 0.0132 e. The van der Waals surface area contributed by atoms with Gasteiger partial charge in [-0.1, -0.05) is 65.8 Å². The van der Waals surface area contributed by atoms with Gasteiger partial charge >= 0.3 is 0 Å². The number of hydrogen-bond acceptors (Lipinski definition) is 0. The predicted molar refractivity (Wildman–Crippen MR) is 68.3 cm³/mol. The van der Waals surface area contributed by atoms with Gasteiger partial charge in [0, 0.05) is 0 Å². The van der Waals surface area contributed by atoms with Crippen molar-refractivity contribution in [3.05, 3.63) is 35.4 Å². The zero-order chi connectivity index (χ0) is 11.7. The molecule has 0 heteroatoms. The second kappa shape index (κ2) is 4.00. The van der Waals surface area contributed by atoms with Crippen molar-refractivity contribution in [2.75, 3.05) is 0 Å².